The van der Waals surface area contributed by atoms with Crippen molar-refractivity contribution in [1.29, 1.82) is 0 Å². The van der Waals surface area contributed by atoms with Crippen molar-refractivity contribution in [3.63, 3.8) is 0 Å². The largest absolute Gasteiger partial charge is 0.329 e. The lowest BCUT2D eigenvalue weighted by Gasteiger charge is -2.20. The van der Waals surface area contributed by atoms with Gasteiger partial charge in [0.25, 0.3) is 0 Å². The van der Waals surface area contributed by atoms with E-state index in [9.17, 15) is 8.42 Å². The molecule has 0 aromatic heterocycles. The topological polar surface area (TPSA) is 34.1 Å². The van der Waals surface area contributed by atoms with Gasteiger partial charge in [-0.2, -0.15) is 6.42 Å². The van der Waals surface area contributed by atoms with E-state index in [1.807, 2.05) is 0 Å². The molecule has 0 amide bonds. The molecule has 0 radical (unpaired) electrons. The number of rotatable bonds is 3. The molecule has 0 aliphatic heterocycles. The third-order valence-electron chi connectivity index (χ3n) is 1.62. The van der Waals surface area contributed by atoms with Gasteiger partial charge in [-0.25, -0.2) is 0 Å². The summed E-state index contributed by atoms with van der Waals surface area (Å²) in [6.07, 6.45) is 0.332. The first-order valence-corrected chi connectivity index (χ1v) is 5.76. The van der Waals surface area contributed by atoms with E-state index >= 15 is 0 Å². The lowest BCUT2D eigenvalue weighted by molar-refractivity contribution is 0.598. The maximum Gasteiger partial charge on any atom is 0.0677 e. The van der Waals surface area contributed by atoms with Gasteiger partial charge in [0.1, 0.15) is 0 Å². The van der Waals surface area contributed by atoms with Crippen molar-refractivity contribution in [3.05, 3.63) is 35.0 Å². The Hall–Kier alpha value is -0.540. The van der Waals surface area contributed by atoms with Crippen molar-refractivity contribution in [1.82, 2.24) is 0 Å². The molecule has 0 heterocycles. The molecular weight excluding hydrogens is 208 g/mol. The third-order valence-corrected chi connectivity index (χ3v) is 4.26. The number of hydrogen-bond acceptors (Lipinski definition) is 2. The molecule has 0 saturated carbocycles. The third kappa shape index (κ3) is 2.23. The minimum absolute atomic E-state index is 0.0151. The van der Waals surface area contributed by atoms with Crippen molar-refractivity contribution in [3.8, 4) is 0 Å². The van der Waals surface area contributed by atoms with Gasteiger partial charge in [-0.3, -0.25) is 8.42 Å². The highest BCUT2D eigenvalue weighted by atomic mass is 35.5. The second-order valence-electron chi connectivity index (χ2n) is 2.53. The standard InChI is InChI=1S/C9H10ClO2S/c1-2-9(10)13(11,12)8-6-4-3-5-7-8/h3-7H,2H2,1H3/q-1. The summed E-state index contributed by atoms with van der Waals surface area (Å²) < 4.78 is 23.2. The molecule has 1 rings (SSSR count). The highest BCUT2D eigenvalue weighted by Gasteiger charge is 2.10. The first-order valence-electron chi connectivity index (χ1n) is 3.90. The van der Waals surface area contributed by atoms with E-state index in [-0.39, 0.29) is 9.60 Å². The summed E-state index contributed by atoms with van der Waals surface area (Å²) in [6, 6.07) is 8.18. The first-order chi connectivity index (χ1) is 6.09. The summed E-state index contributed by atoms with van der Waals surface area (Å²) in [4.78, 5) is 0.252. The van der Waals surface area contributed by atoms with Gasteiger partial charge in [-0.05, 0) is 12.1 Å². The number of halogens is 1. The van der Waals surface area contributed by atoms with Crippen LogP contribution in [0.5, 0.6) is 0 Å². The van der Waals surface area contributed by atoms with Crippen LogP contribution >= 0.6 is 11.6 Å². The van der Waals surface area contributed by atoms with Gasteiger partial charge >= 0.3 is 0 Å². The highest BCUT2D eigenvalue weighted by Crippen LogP contribution is 2.26. The zero-order chi connectivity index (χ0) is 9.90. The second kappa shape index (κ2) is 4.11. The molecule has 0 aliphatic carbocycles. The van der Waals surface area contributed by atoms with Gasteiger partial charge in [-0.1, -0.05) is 25.1 Å². The van der Waals surface area contributed by atoms with Crippen molar-refractivity contribution in [2.24, 2.45) is 0 Å². The van der Waals surface area contributed by atoms with E-state index in [0.717, 1.165) is 0 Å². The van der Waals surface area contributed by atoms with Gasteiger partial charge in [0.15, 0.2) is 0 Å². The first kappa shape index (κ1) is 10.5. The van der Waals surface area contributed by atoms with E-state index in [2.05, 4.69) is 0 Å². The second-order valence-corrected chi connectivity index (χ2v) is 5.18. The average Bonchev–Trinajstić information content (AvgIpc) is 2.18. The lowest BCUT2D eigenvalue weighted by Crippen LogP contribution is -2.06. The monoisotopic (exact) mass is 217 g/mol. The van der Waals surface area contributed by atoms with Crippen LogP contribution in [-0.4, -0.2) is 8.42 Å². The Labute approximate surface area is 83.5 Å². The Bertz CT molecular complexity index is 358. The van der Waals surface area contributed by atoms with E-state index < -0.39 is 9.84 Å². The van der Waals surface area contributed by atoms with Crippen LogP contribution in [0.3, 0.4) is 0 Å². The molecule has 4 heteroatoms. The molecule has 0 aliphatic rings. The van der Waals surface area contributed by atoms with Crippen molar-refractivity contribution in [2.45, 2.75) is 18.2 Å². The minimum Gasteiger partial charge on any atom is -0.329 e. The Morgan fingerprint density at radius 1 is 1.31 bits per heavy atom. The van der Waals surface area contributed by atoms with E-state index in [0.29, 0.717) is 6.42 Å². The van der Waals surface area contributed by atoms with Crippen LogP contribution in [0, 0.1) is 4.71 Å². The number of benzene rings is 1. The molecule has 0 fully saturated rings. The lowest BCUT2D eigenvalue weighted by atomic mass is 10.4. The van der Waals surface area contributed by atoms with Gasteiger partial charge in [-0.15, -0.1) is 4.71 Å². The highest BCUT2D eigenvalue weighted by molar-refractivity contribution is 7.95. The van der Waals surface area contributed by atoms with Crippen molar-refractivity contribution >= 4 is 21.4 Å². The van der Waals surface area contributed by atoms with Crippen LogP contribution in [0.2, 0.25) is 0 Å². The van der Waals surface area contributed by atoms with Gasteiger partial charge in [0.05, 0.1) is 9.84 Å². The van der Waals surface area contributed by atoms with Gasteiger partial charge in [0, 0.05) is 4.90 Å². The average molecular weight is 218 g/mol. The minimum atomic E-state index is -3.41. The molecule has 2 nitrogen and oxygen atoms in total. The van der Waals surface area contributed by atoms with Crippen LogP contribution in [0.4, 0.5) is 0 Å². The fourth-order valence-corrected chi connectivity index (χ4v) is 2.34. The summed E-state index contributed by atoms with van der Waals surface area (Å²) in [5, 5.41) is 0. The molecule has 13 heavy (non-hydrogen) atoms. The fourth-order valence-electron chi connectivity index (χ4n) is 0.918. The van der Waals surface area contributed by atoms with Crippen molar-refractivity contribution in [2.75, 3.05) is 0 Å². The molecule has 0 N–H and O–H groups in total. The molecule has 0 spiro atoms. The van der Waals surface area contributed by atoms with Crippen molar-refractivity contribution < 1.29 is 8.42 Å². The summed E-state index contributed by atoms with van der Waals surface area (Å²) in [5.41, 5.74) is 0. The molecule has 1 aromatic rings. The molecule has 0 unspecified atom stereocenters. The van der Waals surface area contributed by atoms with Crippen LogP contribution in [0.25, 0.3) is 0 Å². The van der Waals surface area contributed by atoms with E-state index in [4.69, 9.17) is 11.6 Å². The molecule has 0 bridgehead atoms. The van der Waals surface area contributed by atoms with Gasteiger partial charge in [0.2, 0.25) is 0 Å². The maximum absolute atomic E-state index is 11.6. The number of hydrogen-bond donors (Lipinski definition) is 0. The zero-order valence-electron chi connectivity index (χ0n) is 7.20. The normalized spacial score (nSPS) is 11.9. The van der Waals surface area contributed by atoms with Crippen LogP contribution in [0.15, 0.2) is 35.2 Å². The van der Waals surface area contributed by atoms with E-state index in [1.165, 1.54) is 12.1 Å². The zero-order valence-corrected chi connectivity index (χ0v) is 8.77. The molecular formula is C9H10ClO2S-. The molecule has 0 saturated heterocycles. The molecule has 72 valence electrons. The van der Waals surface area contributed by atoms with Crippen LogP contribution < -0.4 is 0 Å². The quantitative estimate of drug-likeness (QED) is 0.730. The van der Waals surface area contributed by atoms with E-state index in [1.54, 1.807) is 25.1 Å². The Morgan fingerprint density at radius 3 is 2.31 bits per heavy atom. The Balaban J connectivity index is 3.09. The summed E-state index contributed by atoms with van der Waals surface area (Å²) in [6.45, 7) is 1.71. The van der Waals surface area contributed by atoms with Crippen LogP contribution in [-0.2, 0) is 9.84 Å². The van der Waals surface area contributed by atoms with Gasteiger partial charge < -0.3 is 11.6 Å². The summed E-state index contributed by atoms with van der Waals surface area (Å²) in [5.74, 6) is 0. The Morgan fingerprint density at radius 2 is 1.85 bits per heavy atom. The summed E-state index contributed by atoms with van der Waals surface area (Å²) >= 11 is 5.62. The predicted molar refractivity (Wildman–Crippen MR) is 53.0 cm³/mol. The Kier molecular flexibility index (Phi) is 3.33. The number of sulfone groups is 1. The predicted octanol–water partition coefficient (Wildman–Crippen LogP) is 2.60. The fraction of sp³-hybridized carbons (Fsp3) is 0.222. The maximum atomic E-state index is 11.6. The summed E-state index contributed by atoms with van der Waals surface area (Å²) in [7, 11) is -3.41. The molecule has 1 aromatic carbocycles. The van der Waals surface area contributed by atoms with Crippen LogP contribution in [0.1, 0.15) is 13.3 Å². The SMILES string of the molecule is CC[C-](Cl)S(=O)(=O)c1ccccc1. The molecule has 0 atom stereocenters. The smallest absolute Gasteiger partial charge is 0.0677 e.